The summed E-state index contributed by atoms with van der Waals surface area (Å²) >= 11 is 0.987. The molecule has 1 amide bonds. The summed E-state index contributed by atoms with van der Waals surface area (Å²) in [6, 6.07) is 13.5. The molecule has 2 N–H and O–H groups in total. The molecule has 0 aliphatic rings. The Hall–Kier alpha value is -3.11. The summed E-state index contributed by atoms with van der Waals surface area (Å²) in [5, 5.41) is 2.89. The van der Waals surface area contributed by atoms with Crippen molar-refractivity contribution >= 4 is 33.2 Å². The second-order valence-corrected chi connectivity index (χ2v) is 11.3. The van der Waals surface area contributed by atoms with Crippen LogP contribution in [0.3, 0.4) is 0 Å². The van der Waals surface area contributed by atoms with Crippen molar-refractivity contribution in [2.24, 2.45) is 0 Å². The maximum atomic E-state index is 12.9. The van der Waals surface area contributed by atoms with Crippen LogP contribution in [-0.4, -0.2) is 36.7 Å². The standard InChI is InChI=1S/C24H27N3O5S2/c1-5-32-19-9-7-6-8-18(19)26-21(28)15-33-23-25-14-20(22(29)27-23)34(30,31)17-12-10-16(11-13-17)24(2,3)4/h6-14H,5,15H2,1-4H3,(H,26,28)(H,25,27,29). The molecule has 0 spiro atoms. The molecule has 0 fully saturated rings. The van der Waals surface area contributed by atoms with Gasteiger partial charge < -0.3 is 15.0 Å². The van der Waals surface area contributed by atoms with Gasteiger partial charge >= 0.3 is 0 Å². The number of H-pyrrole nitrogens is 1. The first-order valence-electron chi connectivity index (χ1n) is 10.6. The van der Waals surface area contributed by atoms with Gasteiger partial charge in [-0.15, -0.1) is 0 Å². The number of sulfone groups is 1. The smallest absolute Gasteiger partial charge is 0.270 e. The monoisotopic (exact) mass is 501 g/mol. The van der Waals surface area contributed by atoms with E-state index in [-0.39, 0.29) is 27.1 Å². The maximum absolute atomic E-state index is 12.9. The summed E-state index contributed by atoms with van der Waals surface area (Å²) in [5.74, 6) is 0.194. The lowest BCUT2D eigenvalue weighted by atomic mass is 9.87. The van der Waals surface area contributed by atoms with Crippen LogP contribution in [0.4, 0.5) is 5.69 Å². The lowest BCUT2D eigenvalue weighted by Gasteiger charge is -2.19. The number of para-hydroxylation sites is 2. The average Bonchev–Trinajstić information content (AvgIpc) is 2.78. The second kappa shape index (κ2) is 10.4. The number of benzene rings is 2. The summed E-state index contributed by atoms with van der Waals surface area (Å²) in [5.41, 5.74) is 0.597. The van der Waals surface area contributed by atoms with Crippen molar-refractivity contribution in [2.45, 2.75) is 48.1 Å². The molecule has 0 atom stereocenters. The Morgan fingerprint density at radius 2 is 1.79 bits per heavy atom. The van der Waals surface area contributed by atoms with Crippen LogP contribution in [0, 0.1) is 0 Å². The molecule has 0 radical (unpaired) electrons. The van der Waals surface area contributed by atoms with Crippen molar-refractivity contribution in [3.8, 4) is 5.75 Å². The number of rotatable bonds is 8. The first-order chi connectivity index (χ1) is 16.0. The third-order valence-electron chi connectivity index (χ3n) is 4.86. The van der Waals surface area contributed by atoms with Gasteiger partial charge in [-0.25, -0.2) is 13.4 Å². The van der Waals surface area contributed by atoms with Gasteiger partial charge in [0, 0.05) is 0 Å². The van der Waals surface area contributed by atoms with Crippen molar-refractivity contribution in [3.05, 3.63) is 70.6 Å². The summed E-state index contributed by atoms with van der Waals surface area (Å²) in [4.78, 5) is 30.9. The third kappa shape index (κ3) is 6.06. The van der Waals surface area contributed by atoms with Crippen molar-refractivity contribution in [3.63, 3.8) is 0 Å². The van der Waals surface area contributed by atoms with Gasteiger partial charge in [-0.3, -0.25) is 9.59 Å². The fraction of sp³-hybridized carbons (Fsp3) is 0.292. The number of aromatic amines is 1. The zero-order valence-corrected chi connectivity index (χ0v) is 21.0. The summed E-state index contributed by atoms with van der Waals surface area (Å²) in [6.45, 7) is 8.39. The van der Waals surface area contributed by atoms with Crippen LogP contribution in [0.5, 0.6) is 5.75 Å². The van der Waals surface area contributed by atoms with Crippen LogP contribution in [0.2, 0.25) is 0 Å². The number of amides is 1. The Kier molecular flexibility index (Phi) is 7.83. The molecule has 10 heteroatoms. The lowest BCUT2D eigenvalue weighted by Crippen LogP contribution is -2.20. The number of aromatic nitrogens is 2. The Bertz CT molecular complexity index is 1330. The van der Waals surface area contributed by atoms with E-state index in [4.69, 9.17) is 4.74 Å². The Balaban J connectivity index is 1.70. The van der Waals surface area contributed by atoms with Crippen LogP contribution in [0.1, 0.15) is 33.3 Å². The highest BCUT2D eigenvalue weighted by molar-refractivity contribution is 7.99. The number of hydrogen-bond acceptors (Lipinski definition) is 7. The summed E-state index contributed by atoms with van der Waals surface area (Å²) < 4.78 is 31.4. The summed E-state index contributed by atoms with van der Waals surface area (Å²) in [6.07, 6.45) is 1.02. The number of carbonyl (C=O) groups excluding carboxylic acids is 1. The van der Waals surface area contributed by atoms with E-state index < -0.39 is 20.3 Å². The number of anilines is 1. The highest BCUT2D eigenvalue weighted by Gasteiger charge is 2.23. The second-order valence-electron chi connectivity index (χ2n) is 8.43. The molecule has 34 heavy (non-hydrogen) atoms. The molecule has 0 saturated heterocycles. The van der Waals surface area contributed by atoms with Gasteiger partial charge in [-0.05, 0) is 42.2 Å². The Morgan fingerprint density at radius 1 is 1.12 bits per heavy atom. The molecular formula is C24H27N3O5S2. The number of nitrogens with zero attached hydrogens (tertiary/aromatic N) is 1. The number of hydrogen-bond donors (Lipinski definition) is 2. The minimum Gasteiger partial charge on any atom is -0.492 e. The van der Waals surface area contributed by atoms with Crippen LogP contribution in [-0.2, 0) is 20.0 Å². The van der Waals surface area contributed by atoms with E-state index in [0.717, 1.165) is 23.5 Å². The molecule has 0 bridgehead atoms. The van der Waals surface area contributed by atoms with Gasteiger partial charge in [0.15, 0.2) is 10.1 Å². The molecule has 0 saturated carbocycles. The first-order valence-corrected chi connectivity index (χ1v) is 13.1. The van der Waals surface area contributed by atoms with E-state index >= 15 is 0 Å². The van der Waals surface area contributed by atoms with Gasteiger partial charge in [0.1, 0.15) is 5.75 Å². The fourth-order valence-electron chi connectivity index (χ4n) is 3.06. The lowest BCUT2D eigenvalue weighted by molar-refractivity contribution is -0.113. The molecule has 8 nitrogen and oxygen atoms in total. The van der Waals surface area contributed by atoms with E-state index in [9.17, 15) is 18.0 Å². The molecule has 0 aliphatic heterocycles. The minimum absolute atomic E-state index is 0.0144. The van der Waals surface area contributed by atoms with Gasteiger partial charge in [-0.1, -0.05) is 56.8 Å². The molecule has 180 valence electrons. The Morgan fingerprint density at radius 3 is 2.41 bits per heavy atom. The van der Waals surface area contributed by atoms with Crippen LogP contribution < -0.4 is 15.6 Å². The molecule has 1 heterocycles. The van der Waals surface area contributed by atoms with E-state index in [0.29, 0.717) is 18.0 Å². The van der Waals surface area contributed by atoms with Crippen LogP contribution in [0.15, 0.2) is 74.5 Å². The first kappa shape index (κ1) is 25.5. The molecule has 2 aromatic carbocycles. The molecule has 3 aromatic rings. The number of carbonyl (C=O) groups is 1. The maximum Gasteiger partial charge on any atom is 0.270 e. The van der Waals surface area contributed by atoms with Crippen LogP contribution >= 0.6 is 11.8 Å². The van der Waals surface area contributed by atoms with Gasteiger partial charge in [0.2, 0.25) is 15.7 Å². The van der Waals surface area contributed by atoms with E-state index in [2.05, 4.69) is 15.3 Å². The van der Waals surface area contributed by atoms with E-state index in [1.54, 1.807) is 36.4 Å². The van der Waals surface area contributed by atoms with Crippen molar-refractivity contribution in [1.29, 1.82) is 0 Å². The van der Waals surface area contributed by atoms with E-state index in [1.807, 2.05) is 27.7 Å². The quantitative estimate of drug-likeness (QED) is 0.353. The molecular weight excluding hydrogens is 474 g/mol. The molecule has 1 aromatic heterocycles. The Labute approximate surface area is 203 Å². The minimum atomic E-state index is -4.04. The topological polar surface area (TPSA) is 118 Å². The number of thioether (sulfide) groups is 1. The zero-order valence-electron chi connectivity index (χ0n) is 19.4. The van der Waals surface area contributed by atoms with Gasteiger partial charge in [0.25, 0.3) is 5.56 Å². The average molecular weight is 502 g/mol. The molecule has 3 rings (SSSR count). The molecule has 0 aliphatic carbocycles. The number of nitrogens with one attached hydrogen (secondary N) is 2. The molecule has 0 unspecified atom stereocenters. The van der Waals surface area contributed by atoms with Gasteiger partial charge in [-0.2, -0.15) is 0 Å². The number of ether oxygens (including phenoxy) is 1. The normalized spacial score (nSPS) is 11.8. The highest BCUT2D eigenvalue weighted by atomic mass is 32.2. The highest BCUT2D eigenvalue weighted by Crippen LogP contribution is 2.26. The third-order valence-corrected chi connectivity index (χ3v) is 7.51. The van der Waals surface area contributed by atoms with Crippen molar-refractivity contribution in [1.82, 2.24) is 9.97 Å². The van der Waals surface area contributed by atoms with Crippen LogP contribution in [0.25, 0.3) is 0 Å². The zero-order chi connectivity index (χ0) is 24.9. The largest absolute Gasteiger partial charge is 0.492 e. The van der Waals surface area contributed by atoms with E-state index in [1.165, 1.54) is 12.1 Å². The fourth-order valence-corrected chi connectivity index (χ4v) is 4.93. The predicted octanol–water partition coefficient (Wildman–Crippen LogP) is 4.03. The van der Waals surface area contributed by atoms with Gasteiger partial charge in [0.05, 0.1) is 29.1 Å². The SMILES string of the molecule is CCOc1ccccc1NC(=O)CSc1ncc(S(=O)(=O)c2ccc(C(C)(C)C)cc2)c(=O)[nH]1. The van der Waals surface area contributed by atoms with Crippen molar-refractivity contribution in [2.75, 3.05) is 17.7 Å². The predicted molar refractivity (Wildman–Crippen MR) is 132 cm³/mol. The summed E-state index contributed by atoms with van der Waals surface area (Å²) in [7, 11) is -4.04. The van der Waals surface area contributed by atoms with Crippen molar-refractivity contribution < 1.29 is 17.9 Å².